The van der Waals surface area contributed by atoms with Crippen LogP contribution in [0.3, 0.4) is 0 Å². The van der Waals surface area contributed by atoms with Crippen LogP contribution >= 0.6 is 0 Å². The predicted octanol–water partition coefficient (Wildman–Crippen LogP) is 0.118. The molecule has 0 spiro atoms. The lowest BCUT2D eigenvalue weighted by Crippen LogP contribution is -2.24. The normalized spacial score (nSPS) is 16.2. The molecule has 1 N–H and O–H groups in total. The first-order chi connectivity index (χ1) is 5.24. The first-order valence-corrected chi connectivity index (χ1v) is 3.54. The summed E-state index contributed by atoms with van der Waals surface area (Å²) in [6.07, 6.45) is 5.63. The summed E-state index contributed by atoms with van der Waals surface area (Å²) in [6, 6.07) is 0. The smallest absolute Gasteiger partial charge is 0.252 e. The summed E-state index contributed by atoms with van der Waals surface area (Å²) >= 11 is 0. The lowest BCUT2D eigenvalue weighted by Gasteiger charge is -2.16. The van der Waals surface area contributed by atoms with Crippen molar-refractivity contribution in [2.24, 2.45) is 0 Å². The standard InChI is InChI=1S/C8H12N2O/c1-9-8(11)7-4-3-5-10(2)6-7/h3-4,6H,5H2,1-2H3,(H,9,11). The fraction of sp³-hybridized carbons (Fsp3) is 0.375. The zero-order valence-corrected chi connectivity index (χ0v) is 6.79. The Morgan fingerprint density at radius 2 is 2.45 bits per heavy atom. The van der Waals surface area contributed by atoms with Crippen molar-refractivity contribution in [2.75, 3.05) is 20.6 Å². The van der Waals surface area contributed by atoms with Gasteiger partial charge >= 0.3 is 0 Å². The van der Waals surface area contributed by atoms with E-state index in [1.54, 1.807) is 7.05 Å². The van der Waals surface area contributed by atoms with E-state index < -0.39 is 0 Å². The molecule has 0 fully saturated rings. The van der Waals surface area contributed by atoms with Crippen molar-refractivity contribution in [3.05, 3.63) is 23.9 Å². The number of nitrogens with one attached hydrogen (secondary N) is 1. The molecule has 1 heterocycles. The second kappa shape index (κ2) is 3.23. The van der Waals surface area contributed by atoms with Gasteiger partial charge in [-0.1, -0.05) is 12.2 Å². The van der Waals surface area contributed by atoms with E-state index in [1.165, 1.54) is 0 Å². The van der Waals surface area contributed by atoms with Gasteiger partial charge in [0.1, 0.15) is 0 Å². The highest BCUT2D eigenvalue weighted by Gasteiger charge is 2.06. The van der Waals surface area contributed by atoms with Crippen molar-refractivity contribution in [2.45, 2.75) is 0 Å². The third kappa shape index (κ3) is 1.83. The number of hydrogen-bond acceptors (Lipinski definition) is 2. The SMILES string of the molecule is CNC(=O)C1=CN(C)CC=C1. The molecule has 0 saturated carbocycles. The summed E-state index contributed by atoms with van der Waals surface area (Å²) < 4.78 is 0. The summed E-state index contributed by atoms with van der Waals surface area (Å²) in [6.45, 7) is 0.875. The molecule has 0 atom stereocenters. The van der Waals surface area contributed by atoms with Crippen LogP contribution in [-0.4, -0.2) is 31.4 Å². The molecular weight excluding hydrogens is 140 g/mol. The average molecular weight is 152 g/mol. The Balaban J connectivity index is 2.71. The summed E-state index contributed by atoms with van der Waals surface area (Å²) in [5.41, 5.74) is 0.709. The zero-order valence-electron chi connectivity index (χ0n) is 6.79. The van der Waals surface area contributed by atoms with E-state index in [1.807, 2.05) is 30.3 Å². The van der Waals surface area contributed by atoms with Gasteiger partial charge in [-0.3, -0.25) is 4.79 Å². The summed E-state index contributed by atoms with van der Waals surface area (Å²) in [5, 5.41) is 2.57. The maximum atomic E-state index is 11.1. The first kappa shape index (κ1) is 7.85. The van der Waals surface area contributed by atoms with Crippen molar-refractivity contribution >= 4 is 5.91 Å². The Labute approximate surface area is 66.4 Å². The number of likely N-dealkylation sites (N-methyl/N-ethyl adjacent to an activating group) is 2. The molecule has 1 amide bonds. The molecule has 11 heavy (non-hydrogen) atoms. The van der Waals surface area contributed by atoms with Crippen molar-refractivity contribution in [1.29, 1.82) is 0 Å². The molecule has 60 valence electrons. The highest BCUT2D eigenvalue weighted by atomic mass is 16.1. The van der Waals surface area contributed by atoms with Gasteiger partial charge in [0, 0.05) is 26.8 Å². The van der Waals surface area contributed by atoms with Gasteiger partial charge in [-0.2, -0.15) is 0 Å². The molecule has 1 aliphatic rings. The predicted molar refractivity (Wildman–Crippen MR) is 43.9 cm³/mol. The lowest BCUT2D eigenvalue weighted by molar-refractivity contribution is -0.116. The van der Waals surface area contributed by atoms with Crippen LogP contribution in [0.4, 0.5) is 0 Å². The number of carbonyl (C=O) groups is 1. The minimum absolute atomic E-state index is 0.0344. The van der Waals surface area contributed by atoms with Crippen LogP contribution in [0.5, 0.6) is 0 Å². The molecule has 0 aromatic heterocycles. The number of nitrogens with zero attached hydrogens (tertiary/aromatic N) is 1. The summed E-state index contributed by atoms with van der Waals surface area (Å²) in [5.74, 6) is -0.0344. The number of hydrogen-bond donors (Lipinski definition) is 1. The fourth-order valence-electron chi connectivity index (χ4n) is 0.958. The molecule has 0 aromatic carbocycles. The van der Waals surface area contributed by atoms with E-state index in [-0.39, 0.29) is 5.91 Å². The third-order valence-corrected chi connectivity index (χ3v) is 1.54. The highest BCUT2D eigenvalue weighted by molar-refractivity contribution is 5.96. The quantitative estimate of drug-likeness (QED) is 0.578. The Hall–Kier alpha value is -1.25. The van der Waals surface area contributed by atoms with E-state index in [2.05, 4.69) is 5.32 Å². The summed E-state index contributed by atoms with van der Waals surface area (Å²) in [7, 11) is 3.57. The van der Waals surface area contributed by atoms with Crippen LogP contribution < -0.4 is 5.32 Å². The molecule has 0 bridgehead atoms. The minimum Gasteiger partial charge on any atom is -0.376 e. The summed E-state index contributed by atoms with van der Waals surface area (Å²) in [4.78, 5) is 13.0. The lowest BCUT2D eigenvalue weighted by atomic mass is 10.2. The molecule has 1 rings (SSSR count). The molecule has 1 aliphatic heterocycles. The van der Waals surface area contributed by atoms with Gasteiger partial charge in [0.05, 0.1) is 5.57 Å². The number of carbonyl (C=O) groups excluding carboxylic acids is 1. The first-order valence-electron chi connectivity index (χ1n) is 3.54. The van der Waals surface area contributed by atoms with Gasteiger partial charge < -0.3 is 10.2 Å². The molecular formula is C8H12N2O. The van der Waals surface area contributed by atoms with Crippen molar-refractivity contribution < 1.29 is 4.79 Å². The molecule has 3 heteroatoms. The Morgan fingerprint density at radius 1 is 1.73 bits per heavy atom. The van der Waals surface area contributed by atoms with Crippen molar-refractivity contribution in [1.82, 2.24) is 10.2 Å². The average Bonchev–Trinajstić information content (AvgIpc) is 2.03. The van der Waals surface area contributed by atoms with Crippen LogP contribution in [0.1, 0.15) is 0 Å². The maximum absolute atomic E-state index is 11.1. The van der Waals surface area contributed by atoms with Crippen molar-refractivity contribution in [3.63, 3.8) is 0 Å². The van der Waals surface area contributed by atoms with Crippen molar-refractivity contribution in [3.8, 4) is 0 Å². The fourth-order valence-corrected chi connectivity index (χ4v) is 0.958. The molecule has 0 radical (unpaired) electrons. The monoisotopic (exact) mass is 152 g/mol. The van der Waals surface area contributed by atoms with Crippen LogP contribution in [-0.2, 0) is 4.79 Å². The van der Waals surface area contributed by atoms with E-state index in [4.69, 9.17) is 0 Å². The Morgan fingerprint density at radius 3 is 3.00 bits per heavy atom. The van der Waals surface area contributed by atoms with E-state index in [0.717, 1.165) is 6.54 Å². The van der Waals surface area contributed by atoms with Crippen LogP contribution in [0.15, 0.2) is 23.9 Å². The molecule has 0 aromatic rings. The molecule has 0 unspecified atom stereocenters. The van der Waals surface area contributed by atoms with Gasteiger partial charge in [0.15, 0.2) is 0 Å². The third-order valence-electron chi connectivity index (χ3n) is 1.54. The molecule has 0 aliphatic carbocycles. The second-order valence-corrected chi connectivity index (χ2v) is 2.51. The maximum Gasteiger partial charge on any atom is 0.252 e. The van der Waals surface area contributed by atoms with Crippen LogP contribution in [0, 0.1) is 0 Å². The van der Waals surface area contributed by atoms with Gasteiger partial charge in [-0.15, -0.1) is 0 Å². The largest absolute Gasteiger partial charge is 0.376 e. The molecule has 0 saturated heterocycles. The Bertz CT molecular complexity index is 218. The van der Waals surface area contributed by atoms with Crippen LogP contribution in [0.25, 0.3) is 0 Å². The zero-order chi connectivity index (χ0) is 8.27. The Kier molecular flexibility index (Phi) is 2.31. The van der Waals surface area contributed by atoms with Gasteiger partial charge in [-0.25, -0.2) is 0 Å². The minimum atomic E-state index is -0.0344. The topological polar surface area (TPSA) is 32.3 Å². The van der Waals surface area contributed by atoms with Gasteiger partial charge in [0.25, 0.3) is 5.91 Å². The highest BCUT2D eigenvalue weighted by Crippen LogP contribution is 2.04. The van der Waals surface area contributed by atoms with E-state index in [9.17, 15) is 4.79 Å². The number of amides is 1. The van der Waals surface area contributed by atoms with Crippen LogP contribution in [0.2, 0.25) is 0 Å². The molecule has 3 nitrogen and oxygen atoms in total. The van der Waals surface area contributed by atoms with Gasteiger partial charge in [-0.05, 0) is 0 Å². The van der Waals surface area contributed by atoms with E-state index >= 15 is 0 Å². The second-order valence-electron chi connectivity index (χ2n) is 2.51. The number of rotatable bonds is 1. The van der Waals surface area contributed by atoms with E-state index in [0.29, 0.717) is 5.57 Å². The van der Waals surface area contributed by atoms with Gasteiger partial charge in [0.2, 0.25) is 0 Å².